The minimum absolute atomic E-state index is 0. The van der Waals surface area contributed by atoms with Crippen molar-refractivity contribution in [1.29, 1.82) is 0 Å². The van der Waals surface area contributed by atoms with Crippen LogP contribution in [0.3, 0.4) is 0 Å². The summed E-state index contributed by atoms with van der Waals surface area (Å²) in [5.74, 6) is 0. The van der Waals surface area contributed by atoms with Crippen molar-refractivity contribution < 1.29 is 4.79 Å². The van der Waals surface area contributed by atoms with Crippen LogP contribution >= 0.6 is 35.8 Å². The van der Waals surface area contributed by atoms with E-state index in [1.165, 1.54) is 4.90 Å². The van der Waals surface area contributed by atoms with Crippen molar-refractivity contribution in [3.05, 3.63) is 29.3 Å². The maximum Gasteiger partial charge on any atom is 0.317 e. The Balaban J connectivity index is 0.00000264. The van der Waals surface area contributed by atoms with Crippen molar-refractivity contribution in [1.82, 2.24) is 15.1 Å². The fourth-order valence-corrected chi connectivity index (χ4v) is 3.77. The van der Waals surface area contributed by atoms with Gasteiger partial charge in [0.1, 0.15) is 0 Å². The van der Waals surface area contributed by atoms with Crippen molar-refractivity contribution in [3.8, 4) is 0 Å². The SMILES string of the molecule is CN(C)CCNC(=O)N1CCCC(Sc2ccc(Cl)cc2)C1.Cl. The number of carbonyl (C=O) groups is 1. The van der Waals surface area contributed by atoms with Crippen molar-refractivity contribution in [2.24, 2.45) is 0 Å². The zero-order chi connectivity index (χ0) is 15.9. The Morgan fingerprint density at radius 2 is 2.09 bits per heavy atom. The van der Waals surface area contributed by atoms with Crippen molar-refractivity contribution in [3.63, 3.8) is 0 Å². The number of nitrogens with one attached hydrogen (secondary N) is 1. The second kappa shape index (κ2) is 10.3. The average molecular weight is 378 g/mol. The van der Waals surface area contributed by atoms with Gasteiger partial charge in [0.05, 0.1) is 0 Å². The Morgan fingerprint density at radius 3 is 2.74 bits per heavy atom. The first kappa shape index (κ1) is 20.4. The molecule has 0 radical (unpaired) electrons. The number of likely N-dealkylation sites (tertiary alicyclic amines) is 1. The standard InChI is InChI=1S/C16H24ClN3OS.ClH/c1-19(2)11-9-18-16(21)20-10-3-4-15(12-20)22-14-7-5-13(17)6-8-14;/h5-8,15H,3-4,9-12H2,1-2H3,(H,18,21);1H. The van der Waals surface area contributed by atoms with Gasteiger partial charge in [-0.25, -0.2) is 4.79 Å². The summed E-state index contributed by atoms with van der Waals surface area (Å²) in [5, 5.41) is 4.21. The van der Waals surface area contributed by atoms with Crippen LogP contribution < -0.4 is 5.32 Å². The zero-order valence-electron chi connectivity index (χ0n) is 13.6. The second-order valence-corrected chi connectivity index (χ2v) is 7.63. The van der Waals surface area contributed by atoms with Crippen LogP contribution in [0.4, 0.5) is 4.79 Å². The molecule has 130 valence electrons. The van der Waals surface area contributed by atoms with Gasteiger partial charge >= 0.3 is 6.03 Å². The van der Waals surface area contributed by atoms with Crippen LogP contribution in [0.15, 0.2) is 29.2 Å². The normalized spacial score (nSPS) is 17.7. The number of hydrogen-bond acceptors (Lipinski definition) is 3. The number of piperidine rings is 1. The molecule has 4 nitrogen and oxygen atoms in total. The molecule has 1 aliphatic heterocycles. The number of carbonyl (C=O) groups excluding carboxylic acids is 1. The average Bonchev–Trinajstić information content (AvgIpc) is 2.49. The summed E-state index contributed by atoms with van der Waals surface area (Å²) in [7, 11) is 4.01. The zero-order valence-corrected chi connectivity index (χ0v) is 16.0. The van der Waals surface area contributed by atoms with Crippen LogP contribution in [0.25, 0.3) is 0 Å². The molecule has 1 aromatic rings. The number of benzene rings is 1. The van der Waals surface area contributed by atoms with E-state index >= 15 is 0 Å². The van der Waals surface area contributed by atoms with Crippen LogP contribution in [0.5, 0.6) is 0 Å². The number of rotatable bonds is 5. The smallest absolute Gasteiger partial charge is 0.317 e. The van der Waals surface area contributed by atoms with Gasteiger partial charge in [-0.2, -0.15) is 0 Å². The molecule has 2 rings (SSSR count). The Hall–Kier alpha value is -0.620. The van der Waals surface area contributed by atoms with Gasteiger partial charge in [-0.3, -0.25) is 0 Å². The number of urea groups is 1. The highest BCUT2D eigenvalue weighted by atomic mass is 35.5. The highest BCUT2D eigenvalue weighted by Gasteiger charge is 2.24. The summed E-state index contributed by atoms with van der Waals surface area (Å²) in [4.78, 5) is 17.4. The van der Waals surface area contributed by atoms with Crippen molar-refractivity contribution in [2.75, 3.05) is 40.3 Å². The molecule has 0 aromatic heterocycles. The lowest BCUT2D eigenvalue weighted by Crippen LogP contribution is -2.47. The molecular formula is C16H25Cl2N3OS. The van der Waals surface area contributed by atoms with Gasteiger partial charge in [0.25, 0.3) is 0 Å². The Labute approximate surface area is 154 Å². The molecule has 1 saturated heterocycles. The number of amides is 2. The molecule has 1 aromatic carbocycles. The molecule has 0 saturated carbocycles. The third kappa shape index (κ3) is 7.21. The van der Waals surface area contributed by atoms with Gasteiger partial charge in [0.2, 0.25) is 0 Å². The van der Waals surface area contributed by atoms with Gasteiger partial charge in [-0.15, -0.1) is 24.2 Å². The molecule has 1 atom stereocenters. The molecule has 7 heteroatoms. The van der Waals surface area contributed by atoms with Gasteiger partial charge in [0, 0.05) is 41.3 Å². The van der Waals surface area contributed by atoms with Crippen molar-refractivity contribution in [2.45, 2.75) is 23.0 Å². The number of hydrogen-bond donors (Lipinski definition) is 1. The van der Waals surface area contributed by atoms with Gasteiger partial charge < -0.3 is 15.1 Å². The van der Waals surface area contributed by atoms with Crippen LogP contribution in [-0.4, -0.2) is 61.4 Å². The minimum Gasteiger partial charge on any atom is -0.337 e. The first-order valence-electron chi connectivity index (χ1n) is 7.64. The fraction of sp³-hybridized carbons (Fsp3) is 0.562. The second-order valence-electron chi connectivity index (χ2n) is 5.82. The lowest BCUT2D eigenvalue weighted by atomic mass is 10.1. The summed E-state index contributed by atoms with van der Waals surface area (Å²) >= 11 is 7.75. The first-order valence-corrected chi connectivity index (χ1v) is 8.90. The molecule has 0 aliphatic carbocycles. The topological polar surface area (TPSA) is 35.6 Å². The predicted molar refractivity (Wildman–Crippen MR) is 101 cm³/mol. The molecule has 1 heterocycles. The molecule has 1 aliphatic rings. The first-order chi connectivity index (χ1) is 10.5. The van der Waals surface area contributed by atoms with Gasteiger partial charge in [-0.1, -0.05) is 11.6 Å². The van der Waals surface area contributed by atoms with E-state index in [-0.39, 0.29) is 18.4 Å². The Morgan fingerprint density at radius 1 is 1.39 bits per heavy atom. The fourth-order valence-electron chi connectivity index (χ4n) is 2.42. The van der Waals surface area contributed by atoms with Gasteiger partial charge in [-0.05, 0) is 51.2 Å². The summed E-state index contributed by atoms with van der Waals surface area (Å²) < 4.78 is 0. The molecule has 0 bridgehead atoms. The lowest BCUT2D eigenvalue weighted by molar-refractivity contribution is 0.187. The molecule has 2 amide bonds. The van der Waals surface area contributed by atoms with Crippen LogP contribution in [-0.2, 0) is 0 Å². The van der Waals surface area contributed by atoms with Crippen LogP contribution in [0.2, 0.25) is 5.02 Å². The Kier molecular flexibility index (Phi) is 9.14. The minimum atomic E-state index is 0. The number of likely N-dealkylation sites (N-methyl/N-ethyl adjacent to an activating group) is 1. The number of thioether (sulfide) groups is 1. The summed E-state index contributed by atoms with van der Waals surface area (Å²) in [6.45, 7) is 3.21. The maximum absolute atomic E-state index is 12.2. The van der Waals surface area contributed by atoms with Crippen molar-refractivity contribution >= 4 is 41.8 Å². The van der Waals surface area contributed by atoms with E-state index in [4.69, 9.17) is 11.6 Å². The maximum atomic E-state index is 12.2. The third-order valence-corrected chi connectivity index (χ3v) is 5.13. The van der Waals surface area contributed by atoms with E-state index in [2.05, 4.69) is 10.2 Å². The highest BCUT2D eigenvalue weighted by molar-refractivity contribution is 8.00. The molecular weight excluding hydrogens is 353 g/mol. The largest absolute Gasteiger partial charge is 0.337 e. The number of halogens is 2. The lowest BCUT2D eigenvalue weighted by Gasteiger charge is -2.32. The van der Waals surface area contributed by atoms with E-state index in [0.29, 0.717) is 11.8 Å². The number of nitrogens with zero attached hydrogens (tertiary/aromatic N) is 2. The molecule has 23 heavy (non-hydrogen) atoms. The predicted octanol–water partition coefficient (Wildman–Crippen LogP) is 3.59. The van der Waals surface area contributed by atoms with E-state index in [9.17, 15) is 4.79 Å². The summed E-state index contributed by atoms with van der Waals surface area (Å²) in [6.07, 6.45) is 2.21. The molecule has 1 unspecified atom stereocenters. The third-order valence-electron chi connectivity index (χ3n) is 3.62. The Bertz CT molecular complexity index is 485. The highest BCUT2D eigenvalue weighted by Crippen LogP contribution is 2.30. The summed E-state index contributed by atoms with van der Waals surface area (Å²) in [5.41, 5.74) is 0. The monoisotopic (exact) mass is 377 g/mol. The molecule has 0 spiro atoms. The van der Waals surface area contributed by atoms with E-state index in [1.807, 2.05) is 55.0 Å². The van der Waals surface area contributed by atoms with E-state index in [0.717, 1.165) is 37.5 Å². The quantitative estimate of drug-likeness (QED) is 0.851. The van der Waals surface area contributed by atoms with Gasteiger partial charge in [0.15, 0.2) is 0 Å². The summed E-state index contributed by atoms with van der Waals surface area (Å²) in [6, 6.07) is 7.98. The molecule has 1 N–H and O–H groups in total. The van der Waals surface area contributed by atoms with E-state index in [1.54, 1.807) is 0 Å². The van der Waals surface area contributed by atoms with Crippen LogP contribution in [0, 0.1) is 0 Å². The van der Waals surface area contributed by atoms with E-state index < -0.39 is 0 Å². The van der Waals surface area contributed by atoms with Crippen LogP contribution in [0.1, 0.15) is 12.8 Å². The molecule has 1 fully saturated rings.